The first-order valence-electron chi connectivity index (χ1n) is 8.73. The third-order valence-electron chi connectivity index (χ3n) is 4.06. The van der Waals surface area contributed by atoms with Crippen molar-refractivity contribution >= 4 is 48.3 Å². The first-order chi connectivity index (χ1) is 13.9. The van der Waals surface area contributed by atoms with Crippen LogP contribution in [0.5, 0.6) is 11.6 Å². The molecule has 3 N–H and O–H groups in total. The second-order valence-electron chi connectivity index (χ2n) is 6.06. The minimum absolute atomic E-state index is 0.101. The number of rotatable bonds is 9. The van der Waals surface area contributed by atoms with Crippen LogP contribution >= 0.6 is 27.5 Å². The molecule has 3 aromatic rings. The monoisotopic (exact) mass is 499 g/mol. The van der Waals surface area contributed by atoms with Crippen molar-refractivity contribution in [2.75, 3.05) is 26.2 Å². The number of hydrogen-bond acceptors (Lipinski definition) is 6. The molecular formula is C19H19BrClN3O4S. The second-order valence-corrected chi connectivity index (χ2v) is 9.08. The number of benzene rings is 2. The predicted molar refractivity (Wildman–Crippen MR) is 116 cm³/mol. The van der Waals surface area contributed by atoms with Gasteiger partial charge < -0.3 is 15.2 Å². The van der Waals surface area contributed by atoms with Gasteiger partial charge in [-0.15, -0.1) is 0 Å². The normalized spacial score (nSPS) is 11.7. The van der Waals surface area contributed by atoms with Crippen molar-refractivity contribution in [1.29, 1.82) is 0 Å². The number of pyridine rings is 1. The van der Waals surface area contributed by atoms with E-state index in [-0.39, 0.29) is 17.3 Å². The predicted octanol–water partition coefficient (Wildman–Crippen LogP) is 3.30. The summed E-state index contributed by atoms with van der Waals surface area (Å²) in [6.07, 6.45) is 1.37. The molecule has 1 aromatic heterocycles. The van der Waals surface area contributed by atoms with Gasteiger partial charge in [-0.05, 0) is 52.3 Å². The van der Waals surface area contributed by atoms with E-state index < -0.39 is 10.0 Å². The number of halogens is 2. The molecule has 0 atom stereocenters. The summed E-state index contributed by atoms with van der Waals surface area (Å²) in [4.78, 5) is 3.88. The van der Waals surface area contributed by atoms with Gasteiger partial charge in [-0.3, -0.25) is 0 Å². The van der Waals surface area contributed by atoms with Crippen LogP contribution in [0.3, 0.4) is 0 Å². The highest BCUT2D eigenvalue weighted by atomic mass is 79.9. The maximum absolute atomic E-state index is 12.6. The standard InChI is InChI=1S/C19H19BrClN3O4S/c20-16-12-13(21)4-5-17(16)28-11-10-22-8-9-24-29(26,27)18-3-1-2-15-14(18)6-7-23-19(15)25/h1-7,12,22,24H,8-11H2,(H,23,25). The van der Waals surface area contributed by atoms with E-state index in [2.05, 4.69) is 31.0 Å². The highest BCUT2D eigenvalue weighted by Crippen LogP contribution is 2.28. The van der Waals surface area contributed by atoms with E-state index in [0.717, 1.165) is 4.47 Å². The van der Waals surface area contributed by atoms with Crippen LogP contribution in [-0.4, -0.2) is 44.7 Å². The van der Waals surface area contributed by atoms with Crippen LogP contribution in [0.15, 0.2) is 58.0 Å². The molecule has 0 saturated carbocycles. The lowest BCUT2D eigenvalue weighted by Crippen LogP contribution is -2.33. The first-order valence-corrected chi connectivity index (χ1v) is 11.4. The molecule has 10 heteroatoms. The van der Waals surface area contributed by atoms with E-state index in [0.29, 0.717) is 41.2 Å². The second kappa shape index (κ2) is 9.73. The molecule has 2 aromatic carbocycles. The Bertz CT molecular complexity index is 1110. The number of nitrogens with zero attached hydrogens (tertiary/aromatic N) is 1. The Kier molecular flexibility index (Phi) is 7.31. The van der Waals surface area contributed by atoms with E-state index >= 15 is 0 Å². The van der Waals surface area contributed by atoms with Gasteiger partial charge in [0, 0.05) is 41.6 Å². The molecule has 0 aliphatic rings. The Morgan fingerprint density at radius 3 is 2.72 bits per heavy atom. The van der Waals surface area contributed by atoms with Crippen molar-refractivity contribution in [3.05, 3.63) is 58.2 Å². The summed E-state index contributed by atoms with van der Waals surface area (Å²) in [5, 5.41) is 14.4. The number of sulfonamides is 1. The lowest BCUT2D eigenvalue weighted by atomic mass is 10.2. The van der Waals surface area contributed by atoms with Gasteiger partial charge in [0.1, 0.15) is 12.4 Å². The highest BCUT2D eigenvalue weighted by molar-refractivity contribution is 9.10. The van der Waals surface area contributed by atoms with E-state index in [1.807, 2.05) is 0 Å². The summed E-state index contributed by atoms with van der Waals surface area (Å²) in [6.45, 7) is 1.61. The summed E-state index contributed by atoms with van der Waals surface area (Å²) in [5.74, 6) is 0.485. The SMILES string of the molecule is O=S(=O)(NCCNCCOc1ccc(Cl)cc1Br)c1cccc2c(O)nccc12. The molecule has 1 heterocycles. The maximum Gasteiger partial charge on any atom is 0.241 e. The Morgan fingerprint density at radius 2 is 1.93 bits per heavy atom. The zero-order valence-electron chi connectivity index (χ0n) is 15.2. The summed E-state index contributed by atoms with van der Waals surface area (Å²) >= 11 is 9.27. The van der Waals surface area contributed by atoms with Crippen LogP contribution in [-0.2, 0) is 10.0 Å². The van der Waals surface area contributed by atoms with Crippen molar-refractivity contribution in [2.24, 2.45) is 0 Å². The maximum atomic E-state index is 12.6. The molecule has 154 valence electrons. The molecule has 0 aliphatic carbocycles. The van der Waals surface area contributed by atoms with Crippen molar-refractivity contribution < 1.29 is 18.3 Å². The molecule has 0 aliphatic heterocycles. The number of aromatic hydroxyl groups is 1. The summed E-state index contributed by atoms with van der Waals surface area (Å²) in [5.41, 5.74) is 0. The number of fused-ring (bicyclic) bond motifs is 1. The molecule has 0 saturated heterocycles. The Labute approximate surface area is 182 Å². The van der Waals surface area contributed by atoms with Crippen LogP contribution in [0, 0.1) is 0 Å². The zero-order chi connectivity index (χ0) is 20.9. The van der Waals surface area contributed by atoms with Crippen molar-refractivity contribution in [2.45, 2.75) is 4.90 Å². The van der Waals surface area contributed by atoms with Crippen LogP contribution in [0.1, 0.15) is 0 Å². The molecule has 3 rings (SSSR count). The van der Waals surface area contributed by atoms with Crippen LogP contribution in [0.25, 0.3) is 10.8 Å². The number of nitrogens with one attached hydrogen (secondary N) is 2. The van der Waals surface area contributed by atoms with Gasteiger partial charge in [-0.2, -0.15) is 0 Å². The number of aromatic nitrogens is 1. The molecule has 29 heavy (non-hydrogen) atoms. The third-order valence-corrected chi connectivity index (χ3v) is 6.43. The largest absolute Gasteiger partial charge is 0.493 e. The molecule has 0 spiro atoms. The van der Waals surface area contributed by atoms with Crippen molar-refractivity contribution in [3.8, 4) is 11.6 Å². The van der Waals surface area contributed by atoms with Crippen molar-refractivity contribution in [1.82, 2.24) is 15.0 Å². The Hall–Kier alpha value is -1.91. The van der Waals surface area contributed by atoms with Gasteiger partial charge in [0.2, 0.25) is 15.9 Å². The van der Waals surface area contributed by atoms with E-state index in [9.17, 15) is 13.5 Å². The van der Waals surface area contributed by atoms with E-state index in [1.165, 1.54) is 12.3 Å². The lowest BCUT2D eigenvalue weighted by Gasteiger charge is -2.11. The molecule has 0 unspecified atom stereocenters. The average Bonchev–Trinajstić information content (AvgIpc) is 2.68. The fourth-order valence-corrected chi connectivity index (χ4v) is 4.75. The molecule has 0 fully saturated rings. The quantitative estimate of drug-likeness (QED) is 0.390. The Balaban J connectivity index is 1.47. The fraction of sp³-hybridized carbons (Fsp3) is 0.211. The summed E-state index contributed by atoms with van der Waals surface area (Å²) in [6, 6.07) is 11.5. The highest BCUT2D eigenvalue weighted by Gasteiger charge is 2.17. The van der Waals surface area contributed by atoms with Gasteiger partial charge in [0.25, 0.3) is 0 Å². The summed E-state index contributed by atoms with van der Waals surface area (Å²) in [7, 11) is -3.73. The third kappa shape index (κ3) is 5.58. The molecule has 0 bridgehead atoms. The van der Waals surface area contributed by atoms with Gasteiger partial charge in [0.15, 0.2) is 0 Å². The molecule has 0 amide bonds. The summed E-state index contributed by atoms with van der Waals surface area (Å²) < 4.78 is 34.2. The molecule has 0 radical (unpaired) electrons. The van der Waals surface area contributed by atoms with Crippen LogP contribution in [0.2, 0.25) is 5.02 Å². The smallest absolute Gasteiger partial charge is 0.241 e. The van der Waals surface area contributed by atoms with E-state index in [4.69, 9.17) is 16.3 Å². The fourth-order valence-electron chi connectivity index (χ4n) is 2.70. The minimum Gasteiger partial charge on any atom is -0.493 e. The van der Waals surface area contributed by atoms with Crippen LogP contribution in [0.4, 0.5) is 0 Å². The minimum atomic E-state index is -3.73. The van der Waals surface area contributed by atoms with Crippen molar-refractivity contribution in [3.63, 3.8) is 0 Å². The number of hydrogen-bond donors (Lipinski definition) is 3. The van der Waals surface area contributed by atoms with Crippen LogP contribution < -0.4 is 14.8 Å². The Morgan fingerprint density at radius 1 is 1.10 bits per heavy atom. The topological polar surface area (TPSA) is 101 Å². The van der Waals surface area contributed by atoms with Gasteiger partial charge in [-0.1, -0.05) is 17.7 Å². The van der Waals surface area contributed by atoms with Gasteiger partial charge >= 0.3 is 0 Å². The lowest BCUT2D eigenvalue weighted by molar-refractivity contribution is 0.313. The number of ether oxygens (including phenoxy) is 1. The zero-order valence-corrected chi connectivity index (χ0v) is 18.4. The average molecular weight is 501 g/mol. The van der Waals surface area contributed by atoms with Gasteiger partial charge in [-0.25, -0.2) is 18.1 Å². The molecular weight excluding hydrogens is 482 g/mol. The van der Waals surface area contributed by atoms with Gasteiger partial charge in [0.05, 0.1) is 9.37 Å². The van der Waals surface area contributed by atoms with E-state index in [1.54, 1.807) is 36.4 Å². The molecule has 7 nitrogen and oxygen atoms in total. The first kappa shape index (κ1) is 21.8.